The summed E-state index contributed by atoms with van der Waals surface area (Å²) in [6.45, 7) is 1.77. The number of nitrogens with zero attached hydrogens (tertiary/aromatic N) is 3. The average molecular weight is 531 g/mol. The molecule has 1 unspecified atom stereocenters. The fourth-order valence-corrected chi connectivity index (χ4v) is 5.12. The first-order valence-corrected chi connectivity index (χ1v) is 12.9. The van der Waals surface area contributed by atoms with Crippen molar-refractivity contribution in [3.05, 3.63) is 107 Å². The van der Waals surface area contributed by atoms with Crippen molar-refractivity contribution in [2.24, 2.45) is 0 Å². The molecule has 0 bridgehead atoms. The van der Waals surface area contributed by atoms with Gasteiger partial charge in [-0.15, -0.1) is 16.9 Å². The molecule has 0 saturated carbocycles. The number of ether oxygens (including phenoxy) is 3. The fourth-order valence-electron chi connectivity index (χ4n) is 4.29. The maximum Gasteiger partial charge on any atom is 0.146 e. The zero-order valence-electron chi connectivity index (χ0n) is 21.5. The van der Waals surface area contributed by atoms with Gasteiger partial charge < -0.3 is 19.0 Å². The van der Waals surface area contributed by atoms with Gasteiger partial charge in [0, 0.05) is 6.42 Å². The number of thioether (sulfide) groups is 1. The van der Waals surface area contributed by atoms with Crippen molar-refractivity contribution in [3.63, 3.8) is 0 Å². The molecule has 38 heavy (non-hydrogen) atoms. The van der Waals surface area contributed by atoms with Gasteiger partial charge in [0.2, 0.25) is 0 Å². The molecule has 0 amide bonds. The third-order valence-electron chi connectivity index (χ3n) is 6.10. The molecule has 1 heterocycles. The Morgan fingerprint density at radius 1 is 0.947 bits per heavy atom. The summed E-state index contributed by atoms with van der Waals surface area (Å²) in [4.78, 5) is 11.2. The Morgan fingerprint density at radius 2 is 1.50 bits per heavy atom. The number of hydrogen-bond acceptors (Lipinski definition) is 8. The van der Waals surface area contributed by atoms with Gasteiger partial charge in [-0.05, 0) is 47.9 Å². The van der Waals surface area contributed by atoms with E-state index in [-0.39, 0.29) is 18.4 Å². The summed E-state index contributed by atoms with van der Waals surface area (Å²) in [7, 11) is 3.27. The van der Waals surface area contributed by atoms with Crippen LogP contribution in [0.15, 0.2) is 85.1 Å². The second-order valence-electron chi connectivity index (χ2n) is 8.53. The first-order chi connectivity index (χ1) is 18.5. The molecule has 1 atom stereocenters. The van der Waals surface area contributed by atoms with Gasteiger partial charge in [0.15, 0.2) is 0 Å². The normalized spacial score (nSPS) is 12.1. The van der Waals surface area contributed by atoms with Crippen molar-refractivity contribution in [2.45, 2.75) is 30.9 Å². The molecule has 1 N–H and O–H groups in total. The predicted octanol–water partition coefficient (Wildman–Crippen LogP) is 5.62. The van der Waals surface area contributed by atoms with Crippen molar-refractivity contribution in [1.29, 1.82) is 5.41 Å². The van der Waals surface area contributed by atoms with Gasteiger partial charge >= 0.3 is 0 Å². The molecule has 0 radical (unpaired) electrons. The molecule has 0 fully saturated rings. The second-order valence-corrected chi connectivity index (χ2v) is 9.94. The Balaban J connectivity index is 1.78. The number of nitrogens with one attached hydrogen (secondary N) is 1. The second kappa shape index (κ2) is 12.5. The summed E-state index contributed by atoms with van der Waals surface area (Å²) in [5.74, 6) is 1.48. The van der Waals surface area contributed by atoms with E-state index in [0.29, 0.717) is 10.7 Å². The number of benzene rings is 3. The molecule has 0 aliphatic rings. The van der Waals surface area contributed by atoms with Gasteiger partial charge in [-0.3, -0.25) is 5.41 Å². The molecule has 196 valence electrons. The Hall–Kier alpha value is -3.95. The molecule has 4 rings (SSSR count). The van der Waals surface area contributed by atoms with Crippen LogP contribution in [0.2, 0.25) is 0 Å². The summed E-state index contributed by atoms with van der Waals surface area (Å²) < 4.78 is 19.2. The molecule has 4 aromatic rings. The minimum absolute atomic E-state index is 0.0853. The summed E-state index contributed by atoms with van der Waals surface area (Å²) in [6.07, 6.45) is 2.85. The molecule has 1 aromatic heterocycles. The number of aldehydes is 1. The Kier molecular flexibility index (Phi) is 8.93. The molecule has 9 heteroatoms. The smallest absolute Gasteiger partial charge is 0.146 e. The minimum atomic E-state index is -0.992. The number of rotatable bonds is 12. The molecule has 3 aromatic carbocycles. The van der Waals surface area contributed by atoms with Crippen LogP contribution in [0.3, 0.4) is 0 Å². The molecule has 8 nitrogen and oxygen atoms in total. The van der Waals surface area contributed by atoms with Crippen LogP contribution in [0.4, 0.5) is 0 Å². The van der Waals surface area contributed by atoms with Crippen molar-refractivity contribution < 1.29 is 19.0 Å². The van der Waals surface area contributed by atoms with Crippen LogP contribution in [0.25, 0.3) is 0 Å². The van der Waals surface area contributed by atoms with E-state index < -0.39 is 5.60 Å². The van der Waals surface area contributed by atoms with Crippen LogP contribution in [0, 0.1) is 5.41 Å². The topological polar surface area (TPSA) is 99.3 Å². The lowest BCUT2D eigenvalue weighted by atomic mass is 9.80. The maximum absolute atomic E-state index is 11.2. The first-order valence-electron chi connectivity index (χ1n) is 12.0. The molecule has 0 spiro atoms. The van der Waals surface area contributed by atoms with E-state index in [2.05, 4.69) is 10.3 Å². The highest BCUT2D eigenvalue weighted by atomic mass is 32.2. The van der Waals surface area contributed by atoms with Gasteiger partial charge in [0.25, 0.3) is 0 Å². The summed E-state index contributed by atoms with van der Waals surface area (Å²) in [5, 5.41) is 16.5. The summed E-state index contributed by atoms with van der Waals surface area (Å²) in [5.41, 5.74) is 2.38. The molecule has 0 saturated heterocycles. The van der Waals surface area contributed by atoms with Crippen LogP contribution in [0.5, 0.6) is 11.5 Å². The SMILES string of the molecule is COc1ccc(C(OCn2cc(C(CC=O)SC(C)=N)nn2)(c2ccccc2)c2ccc(OC)cc2)cc1. The Morgan fingerprint density at radius 3 is 2.00 bits per heavy atom. The fraction of sp³-hybridized carbons (Fsp3) is 0.241. The maximum atomic E-state index is 11.2. The van der Waals surface area contributed by atoms with E-state index in [1.54, 1.807) is 32.0 Å². The highest BCUT2D eigenvalue weighted by Gasteiger charge is 2.38. The molecule has 0 aliphatic carbocycles. The quantitative estimate of drug-likeness (QED) is 0.110. The molecular formula is C29H30N4O4S. The Labute approximate surface area is 226 Å². The predicted molar refractivity (Wildman–Crippen MR) is 148 cm³/mol. The number of methoxy groups -OCH3 is 2. The third kappa shape index (κ3) is 5.95. The number of carbonyl (C=O) groups excluding carboxylic acids is 1. The van der Waals surface area contributed by atoms with E-state index in [9.17, 15) is 4.79 Å². The largest absolute Gasteiger partial charge is 0.497 e. The van der Waals surface area contributed by atoms with Crippen LogP contribution in [-0.2, 0) is 21.9 Å². The minimum Gasteiger partial charge on any atom is -0.497 e. The highest BCUT2D eigenvalue weighted by Crippen LogP contribution is 2.42. The lowest BCUT2D eigenvalue weighted by Crippen LogP contribution is -2.33. The van der Waals surface area contributed by atoms with Crippen LogP contribution >= 0.6 is 11.8 Å². The lowest BCUT2D eigenvalue weighted by Gasteiger charge is -2.36. The van der Waals surface area contributed by atoms with Gasteiger partial charge in [-0.2, -0.15) is 0 Å². The van der Waals surface area contributed by atoms with Gasteiger partial charge in [-0.1, -0.05) is 59.8 Å². The summed E-state index contributed by atoms with van der Waals surface area (Å²) >= 11 is 1.28. The van der Waals surface area contributed by atoms with Crippen molar-refractivity contribution in [3.8, 4) is 11.5 Å². The van der Waals surface area contributed by atoms with E-state index in [0.717, 1.165) is 34.5 Å². The molecule has 0 aliphatic heterocycles. The van der Waals surface area contributed by atoms with E-state index in [4.69, 9.17) is 19.6 Å². The summed E-state index contributed by atoms with van der Waals surface area (Å²) in [6, 6.07) is 25.6. The highest BCUT2D eigenvalue weighted by molar-refractivity contribution is 8.13. The zero-order chi connectivity index (χ0) is 27.0. The standard InChI is InChI=1S/C29H30N4O4S/c1-21(30)38-28(17-18-34)27-19-33(32-31-27)20-37-29(22-7-5-4-6-8-22,23-9-13-25(35-2)14-10-23)24-11-15-26(36-3)16-12-24/h4-16,18-19,28,30H,17,20H2,1-3H3. The van der Waals surface area contributed by atoms with E-state index in [1.807, 2.05) is 78.9 Å². The van der Waals surface area contributed by atoms with Crippen LogP contribution < -0.4 is 9.47 Å². The lowest BCUT2D eigenvalue weighted by molar-refractivity contribution is -0.107. The van der Waals surface area contributed by atoms with Crippen LogP contribution in [0.1, 0.15) is 41.0 Å². The van der Waals surface area contributed by atoms with E-state index in [1.165, 1.54) is 11.8 Å². The average Bonchev–Trinajstić information content (AvgIpc) is 3.43. The van der Waals surface area contributed by atoms with Crippen molar-refractivity contribution in [2.75, 3.05) is 14.2 Å². The first kappa shape index (κ1) is 27.1. The monoisotopic (exact) mass is 530 g/mol. The number of hydrogen-bond donors (Lipinski definition) is 1. The number of carbonyl (C=O) groups is 1. The van der Waals surface area contributed by atoms with E-state index >= 15 is 0 Å². The third-order valence-corrected chi connectivity index (χ3v) is 7.17. The van der Waals surface area contributed by atoms with Crippen molar-refractivity contribution >= 4 is 23.1 Å². The van der Waals surface area contributed by atoms with Crippen molar-refractivity contribution in [1.82, 2.24) is 15.0 Å². The van der Waals surface area contributed by atoms with Gasteiger partial charge in [0.05, 0.1) is 36.4 Å². The Bertz CT molecular complexity index is 1290. The van der Waals surface area contributed by atoms with Gasteiger partial charge in [-0.25, -0.2) is 4.68 Å². The van der Waals surface area contributed by atoms with Crippen LogP contribution in [-0.4, -0.2) is 40.5 Å². The molecular weight excluding hydrogens is 500 g/mol. The van der Waals surface area contributed by atoms with Gasteiger partial charge in [0.1, 0.15) is 30.1 Å². The number of aromatic nitrogens is 3. The zero-order valence-corrected chi connectivity index (χ0v) is 22.4.